The first-order chi connectivity index (χ1) is 9.93. The number of rotatable bonds is 8. The first-order valence-electron chi connectivity index (χ1n) is 6.56. The Morgan fingerprint density at radius 3 is 2.43 bits per heavy atom. The fourth-order valence-electron chi connectivity index (χ4n) is 1.65. The van der Waals surface area contributed by atoms with E-state index < -0.39 is 10.0 Å². The molecule has 4 N–H and O–H groups in total. The average molecular weight is 331 g/mol. The third-order valence-electron chi connectivity index (χ3n) is 2.76. The van der Waals surface area contributed by atoms with Crippen LogP contribution in [0, 0.1) is 0 Å². The number of methoxy groups -OCH3 is 1. The molecule has 0 aliphatic rings. The van der Waals surface area contributed by atoms with E-state index in [0.717, 1.165) is 24.9 Å². The van der Waals surface area contributed by atoms with Crippen LogP contribution < -0.4 is 15.8 Å². The van der Waals surface area contributed by atoms with Crippen molar-refractivity contribution in [3.63, 3.8) is 0 Å². The molecule has 0 aliphatic carbocycles. The van der Waals surface area contributed by atoms with Gasteiger partial charge in [-0.25, -0.2) is 13.6 Å². The minimum atomic E-state index is -3.63. The van der Waals surface area contributed by atoms with Gasteiger partial charge >= 0.3 is 0 Å². The molecule has 0 saturated heterocycles. The lowest BCUT2D eigenvalue weighted by Crippen LogP contribution is -2.37. The van der Waals surface area contributed by atoms with E-state index >= 15 is 0 Å². The van der Waals surface area contributed by atoms with Gasteiger partial charge in [-0.3, -0.25) is 0 Å². The molecule has 0 atom stereocenters. The summed E-state index contributed by atoms with van der Waals surface area (Å²) in [5.41, 5.74) is 1.01. The van der Waals surface area contributed by atoms with Crippen LogP contribution in [0.1, 0.15) is 12.0 Å². The summed E-state index contributed by atoms with van der Waals surface area (Å²) in [7, 11) is -1.96. The molecule has 0 radical (unpaired) electrons. The van der Waals surface area contributed by atoms with Crippen molar-refractivity contribution in [3.05, 3.63) is 29.8 Å². The Morgan fingerprint density at radius 1 is 1.24 bits per heavy atom. The standard InChI is InChI=1S/C13H21N3O3S2/c1-19-10-2-8-15-13(20)16-9-7-11-3-5-12(6-4-11)21(14,17)18/h3-6H,2,7-10H2,1H3,(H2,14,17,18)(H2,15,16,20). The number of sulfonamides is 1. The van der Waals surface area contributed by atoms with Crippen molar-refractivity contribution in [1.29, 1.82) is 0 Å². The topological polar surface area (TPSA) is 93.4 Å². The van der Waals surface area contributed by atoms with Crippen LogP contribution >= 0.6 is 12.2 Å². The van der Waals surface area contributed by atoms with Crippen LogP contribution in [0.3, 0.4) is 0 Å². The van der Waals surface area contributed by atoms with Crippen LogP contribution in [0.2, 0.25) is 0 Å². The van der Waals surface area contributed by atoms with Gasteiger partial charge in [0.15, 0.2) is 5.11 Å². The number of thiocarbonyl (C=S) groups is 1. The second-order valence-electron chi connectivity index (χ2n) is 4.47. The molecule has 0 unspecified atom stereocenters. The van der Waals surface area contributed by atoms with E-state index in [1.165, 1.54) is 12.1 Å². The van der Waals surface area contributed by atoms with Gasteiger partial charge in [0.2, 0.25) is 10.0 Å². The lowest BCUT2D eigenvalue weighted by molar-refractivity contribution is 0.195. The summed E-state index contributed by atoms with van der Waals surface area (Å²) in [6.07, 6.45) is 1.64. The van der Waals surface area contributed by atoms with Crippen molar-refractivity contribution in [3.8, 4) is 0 Å². The number of hydrogen-bond acceptors (Lipinski definition) is 4. The highest BCUT2D eigenvalue weighted by molar-refractivity contribution is 7.89. The van der Waals surface area contributed by atoms with Crippen LogP contribution in [0.25, 0.3) is 0 Å². The maximum Gasteiger partial charge on any atom is 0.238 e. The number of nitrogens with one attached hydrogen (secondary N) is 2. The van der Waals surface area contributed by atoms with Gasteiger partial charge in [0, 0.05) is 26.8 Å². The number of hydrogen-bond donors (Lipinski definition) is 3. The summed E-state index contributed by atoms with van der Waals surface area (Å²) in [6.45, 7) is 2.14. The first kappa shape index (κ1) is 17.8. The van der Waals surface area contributed by atoms with E-state index in [2.05, 4.69) is 10.6 Å². The normalized spacial score (nSPS) is 11.1. The Labute approximate surface area is 131 Å². The highest BCUT2D eigenvalue weighted by Crippen LogP contribution is 2.08. The predicted molar refractivity (Wildman–Crippen MR) is 86.6 cm³/mol. The molecule has 0 fully saturated rings. The molecule has 6 nitrogen and oxygen atoms in total. The van der Waals surface area contributed by atoms with Crippen molar-refractivity contribution < 1.29 is 13.2 Å². The third-order valence-corrected chi connectivity index (χ3v) is 3.98. The minimum absolute atomic E-state index is 0.120. The third kappa shape index (κ3) is 7.37. The lowest BCUT2D eigenvalue weighted by atomic mass is 10.1. The minimum Gasteiger partial charge on any atom is -0.385 e. The van der Waals surface area contributed by atoms with Crippen LogP contribution in [-0.2, 0) is 21.2 Å². The van der Waals surface area contributed by atoms with E-state index in [0.29, 0.717) is 18.3 Å². The molecule has 0 aromatic heterocycles. The molecule has 8 heteroatoms. The second kappa shape index (κ2) is 8.93. The Bertz CT molecular complexity index is 544. The van der Waals surface area contributed by atoms with E-state index in [4.69, 9.17) is 22.1 Å². The molecule has 1 aromatic carbocycles. The Morgan fingerprint density at radius 2 is 1.86 bits per heavy atom. The molecule has 0 saturated carbocycles. The van der Waals surface area contributed by atoms with Crippen molar-refractivity contribution in [2.24, 2.45) is 5.14 Å². The smallest absolute Gasteiger partial charge is 0.238 e. The fourth-order valence-corrected chi connectivity index (χ4v) is 2.37. The van der Waals surface area contributed by atoms with Crippen LogP contribution in [0.5, 0.6) is 0 Å². The summed E-state index contributed by atoms with van der Waals surface area (Å²) >= 11 is 5.13. The highest BCUT2D eigenvalue weighted by atomic mass is 32.2. The van der Waals surface area contributed by atoms with Crippen LogP contribution in [-0.4, -0.2) is 40.3 Å². The molecule has 1 rings (SSSR count). The molecule has 0 heterocycles. The molecule has 0 amide bonds. The molecule has 118 valence electrons. The summed E-state index contributed by atoms with van der Waals surface area (Å²) in [4.78, 5) is 0.120. The molecule has 1 aromatic rings. The van der Waals surface area contributed by atoms with Gasteiger partial charge in [-0.2, -0.15) is 0 Å². The Balaban J connectivity index is 2.28. The maximum absolute atomic E-state index is 11.1. The van der Waals surface area contributed by atoms with E-state index in [9.17, 15) is 8.42 Å². The van der Waals surface area contributed by atoms with E-state index in [1.54, 1.807) is 19.2 Å². The molecule has 21 heavy (non-hydrogen) atoms. The van der Waals surface area contributed by atoms with Crippen LogP contribution in [0.15, 0.2) is 29.2 Å². The zero-order valence-corrected chi connectivity index (χ0v) is 13.6. The number of benzene rings is 1. The Hall–Kier alpha value is -1.22. The lowest BCUT2D eigenvalue weighted by Gasteiger charge is -2.10. The van der Waals surface area contributed by atoms with E-state index in [-0.39, 0.29) is 4.90 Å². The van der Waals surface area contributed by atoms with Gasteiger partial charge in [0.05, 0.1) is 4.90 Å². The fraction of sp³-hybridized carbons (Fsp3) is 0.462. The molecular weight excluding hydrogens is 310 g/mol. The average Bonchev–Trinajstić information content (AvgIpc) is 2.43. The Kier molecular flexibility index (Phi) is 7.58. The summed E-state index contributed by atoms with van der Waals surface area (Å²) in [6, 6.07) is 6.50. The zero-order valence-electron chi connectivity index (χ0n) is 12.0. The largest absolute Gasteiger partial charge is 0.385 e. The first-order valence-corrected chi connectivity index (χ1v) is 8.51. The maximum atomic E-state index is 11.1. The highest BCUT2D eigenvalue weighted by Gasteiger charge is 2.06. The second-order valence-corrected chi connectivity index (χ2v) is 6.44. The van der Waals surface area contributed by atoms with Crippen molar-refractivity contribution >= 4 is 27.4 Å². The summed E-state index contributed by atoms with van der Waals surface area (Å²) in [5.74, 6) is 0. The van der Waals surface area contributed by atoms with Crippen molar-refractivity contribution in [1.82, 2.24) is 10.6 Å². The van der Waals surface area contributed by atoms with Gasteiger partial charge in [-0.15, -0.1) is 0 Å². The van der Waals surface area contributed by atoms with Gasteiger partial charge in [-0.1, -0.05) is 12.1 Å². The molecule has 0 aliphatic heterocycles. The predicted octanol–water partition coefficient (Wildman–Crippen LogP) is 0.377. The molecule has 0 bridgehead atoms. The number of ether oxygens (including phenoxy) is 1. The SMILES string of the molecule is COCCCNC(=S)NCCc1ccc(S(N)(=O)=O)cc1. The van der Waals surface area contributed by atoms with Gasteiger partial charge < -0.3 is 15.4 Å². The molecule has 0 spiro atoms. The van der Waals surface area contributed by atoms with E-state index in [1.807, 2.05) is 0 Å². The van der Waals surface area contributed by atoms with Gasteiger partial charge in [0.25, 0.3) is 0 Å². The summed E-state index contributed by atoms with van der Waals surface area (Å²) < 4.78 is 27.2. The summed E-state index contributed by atoms with van der Waals surface area (Å²) in [5, 5.41) is 11.8. The van der Waals surface area contributed by atoms with Gasteiger partial charge in [-0.05, 0) is 42.8 Å². The van der Waals surface area contributed by atoms with Crippen molar-refractivity contribution in [2.75, 3.05) is 26.8 Å². The molecular formula is C13H21N3O3S2. The monoisotopic (exact) mass is 331 g/mol. The zero-order chi connectivity index (χ0) is 15.7. The van der Waals surface area contributed by atoms with Crippen LogP contribution in [0.4, 0.5) is 0 Å². The number of nitrogens with two attached hydrogens (primary N) is 1. The van der Waals surface area contributed by atoms with Crippen molar-refractivity contribution in [2.45, 2.75) is 17.7 Å². The quantitative estimate of drug-likeness (QED) is 0.471. The number of primary sulfonamides is 1. The van der Waals surface area contributed by atoms with Gasteiger partial charge in [0.1, 0.15) is 0 Å².